The Morgan fingerprint density at radius 3 is 2.63 bits per heavy atom. The molecule has 1 heterocycles. The van der Waals surface area contributed by atoms with Gasteiger partial charge in [-0.2, -0.15) is 0 Å². The van der Waals surface area contributed by atoms with E-state index in [1.807, 2.05) is 12.3 Å². The molecule has 0 unspecified atom stereocenters. The van der Waals surface area contributed by atoms with E-state index >= 15 is 0 Å². The van der Waals surface area contributed by atoms with Gasteiger partial charge in [0.15, 0.2) is 0 Å². The lowest BCUT2D eigenvalue weighted by Gasteiger charge is -2.36. The van der Waals surface area contributed by atoms with Gasteiger partial charge in [0.1, 0.15) is 0 Å². The minimum atomic E-state index is 0.440. The predicted molar refractivity (Wildman–Crippen MR) is 80.0 cm³/mol. The van der Waals surface area contributed by atoms with Crippen LogP contribution in [0.2, 0.25) is 0 Å². The molecule has 0 atom stereocenters. The topological polar surface area (TPSA) is 42.2 Å². The van der Waals surface area contributed by atoms with E-state index in [-0.39, 0.29) is 0 Å². The SMILES string of the molecule is CCCN(CCc1ccccn1)C1CCC(N)CC1. The van der Waals surface area contributed by atoms with Gasteiger partial charge in [-0.1, -0.05) is 13.0 Å². The molecule has 1 fully saturated rings. The maximum Gasteiger partial charge on any atom is 0.0416 e. The van der Waals surface area contributed by atoms with Crippen LogP contribution < -0.4 is 5.73 Å². The molecule has 2 rings (SSSR count). The average Bonchev–Trinajstić information content (AvgIpc) is 2.46. The lowest BCUT2D eigenvalue weighted by Crippen LogP contribution is -2.42. The quantitative estimate of drug-likeness (QED) is 0.856. The van der Waals surface area contributed by atoms with Gasteiger partial charge in [0.05, 0.1) is 0 Å². The number of nitrogens with two attached hydrogens (primary N) is 1. The maximum absolute atomic E-state index is 6.01. The normalized spacial score (nSPS) is 23.7. The highest BCUT2D eigenvalue weighted by atomic mass is 15.2. The molecule has 19 heavy (non-hydrogen) atoms. The summed E-state index contributed by atoms with van der Waals surface area (Å²) in [5, 5.41) is 0. The summed E-state index contributed by atoms with van der Waals surface area (Å²) in [7, 11) is 0. The number of rotatable bonds is 6. The molecule has 0 spiro atoms. The van der Waals surface area contributed by atoms with Crippen LogP contribution in [0.3, 0.4) is 0 Å². The van der Waals surface area contributed by atoms with Gasteiger partial charge in [0.2, 0.25) is 0 Å². The third kappa shape index (κ3) is 4.59. The summed E-state index contributed by atoms with van der Waals surface area (Å²) in [6.45, 7) is 4.60. The molecule has 3 heteroatoms. The predicted octanol–water partition coefficient (Wildman–Crippen LogP) is 2.61. The molecule has 0 bridgehead atoms. The average molecular weight is 261 g/mol. The summed E-state index contributed by atoms with van der Waals surface area (Å²) >= 11 is 0. The summed E-state index contributed by atoms with van der Waals surface area (Å²) in [5.41, 5.74) is 7.21. The van der Waals surface area contributed by atoms with Gasteiger partial charge < -0.3 is 10.6 Å². The van der Waals surface area contributed by atoms with Crippen LogP contribution in [-0.4, -0.2) is 35.1 Å². The molecule has 1 aromatic heterocycles. The van der Waals surface area contributed by atoms with Crippen molar-refractivity contribution in [2.45, 2.75) is 57.5 Å². The maximum atomic E-state index is 6.01. The summed E-state index contributed by atoms with van der Waals surface area (Å²) in [6, 6.07) is 7.36. The molecule has 0 radical (unpaired) electrons. The second kappa shape index (κ2) is 7.61. The Bertz CT molecular complexity index is 344. The van der Waals surface area contributed by atoms with Gasteiger partial charge >= 0.3 is 0 Å². The van der Waals surface area contributed by atoms with Gasteiger partial charge in [-0.3, -0.25) is 4.98 Å². The molecule has 1 aromatic rings. The van der Waals surface area contributed by atoms with E-state index in [2.05, 4.69) is 28.9 Å². The minimum Gasteiger partial charge on any atom is -0.328 e. The third-order valence-corrected chi connectivity index (χ3v) is 4.15. The van der Waals surface area contributed by atoms with Crippen molar-refractivity contribution in [3.05, 3.63) is 30.1 Å². The Morgan fingerprint density at radius 1 is 1.21 bits per heavy atom. The lowest BCUT2D eigenvalue weighted by atomic mass is 9.90. The van der Waals surface area contributed by atoms with Crippen LogP contribution in [-0.2, 0) is 6.42 Å². The van der Waals surface area contributed by atoms with Crippen molar-refractivity contribution in [3.63, 3.8) is 0 Å². The van der Waals surface area contributed by atoms with Crippen molar-refractivity contribution in [2.24, 2.45) is 5.73 Å². The van der Waals surface area contributed by atoms with Gasteiger partial charge in [-0.15, -0.1) is 0 Å². The smallest absolute Gasteiger partial charge is 0.0416 e. The fourth-order valence-corrected chi connectivity index (χ4v) is 3.04. The largest absolute Gasteiger partial charge is 0.328 e. The zero-order valence-corrected chi connectivity index (χ0v) is 12.1. The third-order valence-electron chi connectivity index (χ3n) is 4.15. The lowest BCUT2D eigenvalue weighted by molar-refractivity contribution is 0.151. The van der Waals surface area contributed by atoms with E-state index in [4.69, 9.17) is 5.73 Å². The zero-order chi connectivity index (χ0) is 13.5. The first-order chi connectivity index (χ1) is 9.29. The van der Waals surface area contributed by atoms with Crippen molar-refractivity contribution in [1.29, 1.82) is 0 Å². The number of hydrogen-bond donors (Lipinski definition) is 1. The van der Waals surface area contributed by atoms with Crippen molar-refractivity contribution in [1.82, 2.24) is 9.88 Å². The van der Waals surface area contributed by atoms with Gasteiger partial charge in [0.25, 0.3) is 0 Å². The van der Waals surface area contributed by atoms with Crippen LogP contribution in [0.4, 0.5) is 0 Å². The fraction of sp³-hybridized carbons (Fsp3) is 0.688. The van der Waals surface area contributed by atoms with E-state index in [1.54, 1.807) is 0 Å². The Morgan fingerprint density at radius 2 is 2.00 bits per heavy atom. The second-order valence-corrected chi connectivity index (χ2v) is 5.68. The summed E-state index contributed by atoms with van der Waals surface area (Å²) in [4.78, 5) is 7.07. The van der Waals surface area contributed by atoms with Gasteiger partial charge in [-0.25, -0.2) is 0 Å². The highest BCUT2D eigenvalue weighted by Gasteiger charge is 2.23. The highest BCUT2D eigenvalue weighted by molar-refractivity contribution is 5.03. The fourth-order valence-electron chi connectivity index (χ4n) is 3.04. The first kappa shape index (κ1) is 14.5. The van der Waals surface area contributed by atoms with Crippen LogP contribution in [0.5, 0.6) is 0 Å². The Kier molecular flexibility index (Phi) is 5.80. The molecule has 106 valence electrons. The van der Waals surface area contributed by atoms with Crippen LogP contribution in [0.1, 0.15) is 44.7 Å². The number of nitrogens with zero attached hydrogens (tertiary/aromatic N) is 2. The summed E-state index contributed by atoms with van der Waals surface area (Å²) < 4.78 is 0. The van der Waals surface area contributed by atoms with E-state index in [1.165, 1.54) is 44.3 Å². The monoisotopic (exact) mass is 261 g/mol. The Labute approximate surface area is 117 Å². The Hall–Kier alpha value is -0.930. The first-order valence-electron chi connectivity index (χ1n) is 7.69. The first-order valence-corrected chi connectivity index (χ1v) is 7.69. The van der Waals surface area contributed by atoms with Crippen LogP contribution in [0.15, 0.2) is 24.4 Å². The molecule has 1 aliphatic rings. The molecule has 1 saturated carbocycles. The molecule has 1 aliphatic carbocycles. The van der Waals surface area contributed by atoms with Crippen molar-refractivity contribution in [3.8, 4) is 0 Å². The molecule has 0 aliphatic heterocycles. The standard InChI is InChI=1S/C16H27N3/c1-2-12-19(16-8-6-14(17)7-9-16)13-10-15-5-3-4-11-18-15/h3-5,11,14,16H,2,6-10,12-13,17H2,1H3. The number of hydrogen-bond acceptors (Lipinski definition) is 3. The van der Waals surface area contributed by atoms with Gasteiger partial charge in [0, 0.05) is 36.9 Å². The zero-order valence-electron chi connectivity index (χ0n) is 12.1. The van der Waals surface area contributed by atoms with Crippen molar-refractivity contribution in [2.75, 3.05) is 13.1 Å². The van der Waals surface area contributed by atoms with E-state index < -0.39 is 0 Å². The van der Waals surface area contributed by atoms with Crippen molar-refractivity contribution >= 4 is 0 Å². The Balaban J connectivity index is 1.85. The van der Waals surface area contributed by atoms with Crippen molar-refractivity contribution < 1.29 is 0 Å². The summed E-state index contributed by atoms with van der Waals surface area (Å²) in [6.07, 6.45) is 9.09. The van der Waals surface area contributed by atoms with E-state index in [9.17, 15) is 0 Å². The minimum absolute atomic E-state index is 0.440. The molecule has 0 saturated heterocycles. The van der Waals surface area contributed by atoms with Gasteiger partial charge in [-0.05, 0) is 50.8 Å². The highest BCUT2D eigenvalue weighted by Crippen LogP contribution is 2.22. The molecule has 3 nitrogen and oxygen atoms in total. The van der Waals surface area contributed by atoms with Crippen LogP contribution >= 0.6 is 0 Å². The molecular weight excluding hydrogens is 234 g/mol. The van der Waals surface area contributed by atoms with E-state index in [0.717, 1.165) is 19.0 Å². The van der Waals surface area contributed by atoms with E-state index in [0.29, 0.717) is 6.04 Å². The molecule has 0 aromatic carbocycles. The molecular formula is C16H27N3. The van der Waals surface area contributed by atoms with Crippen LogP contribution in [0.25, 0.3) is 0 Å². The van der Waals surface area contributed by atoms with Crippen LogP contribution in [0, 0.1) is 0 Å². The summed E-state index contributed by atoms with van der Waals surface area (Å²) in [5.74, 6) is 0. The molecule has 0 amide bonds. The number of aromatic nitrogens is 1. The number of pyridine rings is 1. The second-order valence-electron chi connectivity index (χ2n) is 5.68. The molecule has 2 N–H and O–H groups in total.